The van der Waals surface area contributed by atoms with Gasteiger partial charge < -0.3 is 14.4 Å². The van der Waals surface area contributed by atoms with Gasteiger partial charge in [0.05, 0.1) is 7.11 Å². The minimum atomic E-state index is -0.272. The molecule has 1 amide bonds. The van der Waals surface area contributed by atoms with Crippen LogP contribution in [0, 0.1) is 5.92 Å². The Bertz CT molecular complexity index is 489. The lowest BCUT2D eigenvalue weighted by Crippen LogP contribution is -2.40. The third kappa shape index (κ3) is 5.06. The molecular weight excluding hydrogens is 282 g/mol. The van der Waals surface area contributed by atoms with Crippen molar-refractivity contribution in [3.8, 4) is 0 Å². The van der Waals surface area contributed by atoms with E-state index in [1.165, 1.54) is 7.11 Å². The van der Waals surface area contributed by atoms with Crippen molar-refractivity contribution in [1.29, 1.82) is 0 Å². The predicted octanol–water partition coefficient (Wildman–Crippen LogP) is 2.99. The maximum absolute atomic E-state index is 12.1. The number of amides is 1. The fourth-order valence-electron chi connectivity index (χ4n) is 2.70. The van der Waals surface area contributed by atoms with Crippen molar-refractivity contribution < 1.29 is 19.1 Å². The van der Waals surface area contributed by atoms with E-state index in [1.807, 2.05) is 30.3 Å². The minimum Gasteiger partial charge on any atom is -0.469 e. The molecule has 5 nitrogen and oxygen atoms in total. The summed E-state index contributed by atoms with van der Waals surface area (Å²) in [5.74, 6) is 0.154. The first kappa shape index (κ1) is 16.3. The van der Waals surface area contributed by atoms with Gasteiger partial charge in [0.15, 0.2) is 0 Å². The highest BCUT2D eigenvalue weighted by molar-refractivity contribution is 5.69. The van der Waals surface area contributed by atoms with E-state index in [2.05, 4.69) is 4.74 Å². The number of methoxy groups -OCH3 is 1. The Balaban J connectivity index is 1.76. The molecule has 1 aromatic rings. The quantitative estimate of drug-likeness (QED) is 0.785. The second kappa shape index (κ2) is 8.41. The molecule has 1 fully saturated rings. The summed E-state index contributed by atoms with van der Waals surface area (Å²) < 4.78 is 10.0. The molecule has 0 aliphatic carbocycles. The average Bonchev–Trinajstić information content (AvgIpc) is 2.58. The van der Waals surface area contributed by atoms with Crippen LogP contribution in [0.2, 0.25) is 0 Å². The van der Waals surface area contributed by atoms with Crippen LogP contribution in [0.4, 0.5) is 4.79 Å². The molecule has 0 saturated carbocycles. The van der Waals surface area contributed by atoms with E-state index in [-0.39, 0.29) is 12.1 Å². The molecule has 1 heterocycles. The smallest absolute Gasteiger partial charge is 0.410 e. The number of likely N-dealkylation sites (tertiary alicyclic amines) is 1. The van der Waals surface area contributed by atoms with Gasteiger partial charge in [0.2, 0.25) is 0 Å². The molecule has 1 aliphatic heterocycles. The summed E-state index contributed by atoms with van der Waals surface area (Å²) in [6, 6.07) is 9.65. The van der Waals surface area contributed by atoms with E-state index in [1.54, 1.807) is 4.90 Å². The van der Waals surface area contributed by atoms with Crippen molar-refractivity contribution in [1.82, 2.24) is 4.90 Å². The van der Waals surface area contributed by atoms with E-state index in [9.17, 15) is 9.59 Å². The van der Waals surface area contributed by atoms with Crippen LogP contribution >= 0.6 is 0 Å². The SMILES string of the molecule is COC(=O)CC[C@H]1CCCN(C(=O)OCc2ccccc2)C1. The Kier molecular flexibility index (Phi) is 6.25. The largest absolute Gasteiger partial charge is 0.469 e. The molecule has 0 aromatic heterocycles. The Hall–Kier alpha value is -2.04. The maximum Gasteiger partial charge on any atom is 0.410 e. The molecule has 22 heavy (non-hydrogen) atoms. The zero-order valence-electron chi connectivity index (χ0n) is 13.0. The van der Waals surface area contributed by atoms with E-state index < -0.39 is 0 Å². The maximum atomic E-state index is 12.1. The molecule has 0 radical (unpaired) electrons. The van der Waals surface area contributed by atoms with Crippen molar-refractivity contribution in [2.75, 3.05) is 20.2 Å². The third-order valence-electron chi connectivity index (χ3n) is 3.97. The molecule has 0 N–H and O–H groups in total. The van der Waals surface area contributed by atoms with Gasteiger partial charge >= 0.3 is 12.1 Å². The van der Waals surface area contributed by atoms with Gasteiger partial charge in [-0.25, -0.2) is 4.79 Å². The fourth-order valence-corrected chi connectivity index (χ4v) is 2.70. The molecule has 1 aliphatic rings. The van der Waals surface area contributed by atoms with E-state index in [0.717, 1.165) is 31.4 Å². The molecular formula is C17H23NO4. The molecule has 0 bridgehead atoms. The molecule has 5 heteroatoms. The second-order valence-electron chi connectivity index (χ2n) is 5.61. The van der Waals surface area contributed by atoms with Crippen molar-refractivity contribution in [2.45, 2.75) is 32.3 Å². The number of piperidine rings is 1. The lowest BCUT2D eigenvalue weighted by atomic mass is 9.94. The second-order valence-corrected chi connectivity index (χ2v) is 5.61. The van der Waals surface area contributed by atoms with E-state index >= 15 is 0 Å². The molecule has 120 valence electrons. The Morgan fingerprint density at radius 2 is 2.05 bits per heavy atom. The topological polar surface area (TPSA) is 55.8 Å². The van der Waals surface area contributed by atoms with Gasteiger partial charge in [-0.3, -0.25) is 4.79 Å². The van der Waals surface area contributed by atoms with Crippen LogP contribution in [0.15, 0.2) is 30.3 Å². The molecule has 1 atom stereocenters. The van der Waals surface area contributed by atoms with Crippen LogP contribution < -0.4 is 0 Å². The Morgan fingerprint density at radius 3 is 2.77 bits per heavy atom. The molecule has 0 spiro atoms. The number of hydrogen-bond acceptors (Lipinski definition) is 4. The van der Waals surface area contributed by atoms with Gasteiger partial charge in [0.1, 0.15) is 6.61 Å². The fraction of sp³-hybridized carbons (Fsp3) is 0.529. The summed E-state index contributed by atoms with van der Waals surface area (Å²) in [6.07, 6.45) is 2.89. The summed E-state index contributed by atoms with van der Waals surface area (Å²) in [5, 5.41) is 0. The number of esters is 1. The number of hydrogen-bond donors (Lipinski definition) is 0. The van der Waals surface area contributed by atoms with Gasteiger partial charge in [-0.15, -0.1) is 0 Å². The van der Waals surface area contributed by atoms with Crippen LogP contribution in [0.5, 0.6) is 0 Å². The van der Waals surface area contributed by atoms with Crippen molar-refractivity contribution in [2.24, 2.45) is 5.92 Å². The number of ether oxygens (including phenoxy) is 2. The van der Waals surface area contributed by atoms with Gasteiger partial charge in [0, 0.05) is 19.5 Å². The molecule has 1 saturated heterocycles. The summed E-state index contributed by atoms with van der Waals surface area (Å²) in [4.78, 5) is 25.1. The van der Waals surface area contributed by atoms with Crippen molar-refractivity contribution >= 4 is 12.1 Å². The Morgan fingerprint density at radius 1 is 1.27 bits per heavy atom. The highest BCUT2D eigenvalue weighted by atomic mass is 16.6. The zero-order chi connectivity index (χ0) is 15.8. The lowest BCUT2D eigenvalue weighted by Gasteiger charge is -2.31. The first-order valence-corrected chi connectivity index (χ1v) is 7.71. The first-order valence-electron chi connectivity index (χ1n) is 7.71. The number of rotatable bonds is 5. The minimum absolute atomic E-state index is 0.191. The number of carbonyl (C=O) groups is 2. The van der Waals surface area contributed by atoms with Crippen molar-refractivity contribution in [3.05, 3.63) is 35.9 Å². The van der Waals surface area contributed by atoms with Gasteiger partial charge in [0.25, 0.3) is 0 Å². The molecule has 0 unspecified atom stereocenters. The first-order chi connectivity index (χ1) is 10.7. The highest BCUT2D eigenvalue weighted by Gasteiger charge is 2.25. The summed E-state index contributed by atoms with van der Waals surface area (Å²) in [7, 11) is 1.40. The predicted molar refractivity (Wildman–Crippen MR) is 82.2 cm³/mol. The molecule has 1 aromatic carbocycles. The van der Waals surface area contributed by atoms with Crippen LogP contribution in [-0.4, -0.2) is 37.2 Å². The van der Waals surface area contributed by atoms with E-state index in [0.29, 0.717) is 25.5 Å². The van der Waals surface area contributed by atoms with Crippen molar-refractivity contribution in [3.63, 3.8) is 0 Å². The third-order valence-corrected chi connectivity index (χ3v) is 3.97. The highest BCUT2D eigenvalue weighted by Crippen LogP contribution is 2.22. The van der Waals surface area contributed by atoms with Crippen LogP contribution in [-0.2, 0) is 20.9 Å². The van der Waals surface area contributed by atoms with E-state index in [4.69, 9.17) is 4.74 Å². The monoisotopic (exact) mass is 305 g/mol. The number of nitrogens with zero attached hydrogens (tertiary/aromatic N) is 1. The average molecular weight is 305 g/mol. The van der Waals surface area contributed by atoms with Crippen LogP contribution in [0.1, 0.15) is 31.2 Å². The van der Waals surface area contributed by atoms with Crippen LogP contribution in [0.3, 0.4) is 0 Å². The lowest BCUT2D eigenvalue weighted by molar-refractivity contribution is -0.141. The standard InChI is InChI=1S/C17H23NO4/c1-21-16(19)10-9-14-8-5-11-18(12-14)17(20)22-13-15-6-3-2-4-7-15/h2-4,6-7,14H,5,8-13H2,1H3/t14-/m1/s1. The van der Waals surface area contributed by atoms with Gasteiger partial charge in [-0.05, 0) is 30.7 Å². The Labute approximate surface area is 131 Å². The number of carbonyl (C=O) groups excluding carboxylic acids is 2. The zero-order valence-corrected chi connectivity index (χ0v) is 13.0. The number of benzene rings is 1. The molecule has 2 rings (SSSR count). The normalized spacial score (nSPS) is 17.9. The summed E-state index contributed by atoms with van der Waals surface area (Å²) >= 11 is 0. The summed E-state index contributed by atoms with van der Waals surface area (Å²) in [6.45, 7) is 1.68. The van der Waals surface area contributed by atoms with Gasteiger partial charge in [-0.2, -0.15) is 0 Å². The summed E-state index contributed by atoms with van der Waals surface area (Å²) in [5.41, 5.74) is 0.982. The van der Waals surface area contributed by atoms with Gasteiger partial charge in [-0.1, -0.05) is 30.3 Å². The van der Waals surface area contributed by atoms with Crippen LogP contribution in [0.25, 0.3) is 0 Å².